The number of benzene rings is 1. The lowest BCUT2D eigenvalue weighted by Crippen LogP contribution is -1.99. The molecular weight excluding hydrogens is 329 g/mol. The first kappa shape index (κ1) is 14.2. The lowest BCUT2D eigenvalue weighted by Gasteiger charge is -2.02. The van der Waals surface area contributed by atoms with Crippen molar-refractivity contribution in [1.82, 2.24) is 4.98 Å². The third-order valence-electron chi connectivity index (χ3n) is 2.45. The van der Waals surface area contributed by atoms with Gasteiger partial charge in [0, 0.05) is 28.4 Å². The number of thioether (sulfide) groups is 1. The number of carbonyl (C=O) groups is 1. The fourth-order valence-electron chi connectivity index (χ4n) is 1.51. The molecule has 0 saturated heterocycles. The normalized spacial score (nSPS) is 10.4. The van der Waals surface area contributed by atoms with Crippen molar-refractivity contribution in [1.29, 1.82) is 0 Å². The quantitative estimate of drug-likeness (QED) is 0.780. The van der Waals surface area contributed by atoms with Crippen LogP contribution in [0.3, 0.4) is 0 Å². The van der Waals surface area contributed by atoms with Crippen molar-refractivity contribution >= 4 is 32.8 Å². The molecule has 2 aromatic rings. The van der Waals surface area contributed by atoms with Crippen LogP contribution in [0.25, 0.3) is 0 Å². The third-order valence-corrected chi connectivity index (χ3v) is 3.91. The summed E-state index contributed by atoms with van der Waals surface area (Å²) >= 11 is 4.50. The number of aryl methyl sites for hydroxylation is 1. The zero-order valence-corrected chi connectivity index (χ0v) is 12.4. The van der Waals surface area contributed by atoms with Crippen LogP contribution < -0.4 is 0 Å². The molecule has 1 aromatic heterocycles. The van der Waals surface area contributed by atoms with E-state index in [0.717, 1.165) is 9.37 Å². The standard InChI is InChI=1S/C14H11BrFNOS/c15-10-3-5-11(6-4-10)19-14(18)8-7-13-12(16)2-1-9-17-13/h1-6,9H,7-8H2. The van der Waals surface area contributed by atoms with Gasteiger partial charge in [-0.15, -0.1) is 0 Å². The molecule has 5 heteroatoms. The summed E-state index contributed by atoms with van der Waals surface area (Å²) in [4.78, 5) is 16.6. The number of aromatic nitrogens is 1. The van der Waals surface area contributed by atoms with Crippen LogP contribution in [0.1, 0.15) is 12.1 Å². The molecule has 0 amide bonds. The average molecular weight is 340 g/mol. The van der Waals surface area contributed by atoms with E-state index >= 15 is 0 Å². The largest absolute Gasteiger partial charge is 0.287 e. The van der Waals surface area contributed by atoms with Crippen LogP contribution >= 0.6 is 27.7 Å². The summed E-state index contributed by atoms with van der Waals surface area (Å²) < 4.78 is 14.3. The summed E-state index contributed by atoms with van der Waals surface area (Å²) in [5.74, 6) is -0.357. The van der Waals surface area contributed by atoms with Crippen LogP contribution in [0, 0.1) is 5.82 Å². The van der Waals surface area contributed by atoms with Crippen LogP contribution in [0.4, 0.5) is 4.39 Å². The molecule has 0 aliphatic rings. The molecule has 0 unspecified atom stereocenters. The van der Waals surface area contributed by atoms with Gasteiger partial charge < -0.3 is 0 Å². The molecule has 0 spiro atoms. The van der Waals surface area contributed by atoms with Gasteiger partial charge in [-0.3, -0.25) is 9.78 Å². The summed E-state index contributed by atoms with van der Waals surface area (Å²) in [6.45, 7) is 0. The highest BCUT2D eigenvalue weighted by Crippen LogP contribution is 2.23. The molecule has 0 aliphatic carbocycles. The maximum atomic E-state index is 13.3. The molecule has 0 radical (unpaired) electrons. The van der Waals surface area contributed by atoms with E-state index in [-0.39, 0.29) is 17.4 Å². The van der Waals surface area contributed by atoms with Gasteiger partial charge in [0.05, 0.1) is 5.69 Å². The summed E-state index contributed by atoms with van der Waals surface area (Å²) in [5.41, 5.74) is 0.340. The van der Waals surface area contributed by atoms with E-state index < -0.39 is 0 Å². The second-order valence-corrected chi connectivity index (χ2v) is 5.91. The minimum Gasteiger partial charge on any atom is -0.287 e. The van der Waals surface area contributed by atoms with Gasteiger partial charge in [0.25, 0.3) is 0 Å². The molecular formula is C14H11BrFNOS. The number of hydrogen-bond donors (Lipinski definition) is 0. The van der Waals surface area contributed by atoms with E-state index in [1.54, 1.807) is 0 Å². The lowest BCUT2D eigenvalue weighted by atomic mass is 10.2. The number of hydrogen-bond acceptors (Lipinski definition) is 3. The molecule has 1 aromatic carbocycles. The Morgan fingerprint density at radius 1 is 1.26 bits per heavy atom. The first-order valence-corrected chi connectivity index (χ1v) is 7.32. The van der Waals surface area contributed by atoms with Crippen LogP contribution in [-0.4, -0.2) is 10.1 Å². The van der Waals surface area contributed by atoms with Crippen molar-refractivity contribution in [3.63, 3.8) is 0 Å². The Balaban J connectivity index is 1.88. The predicted octanol–water partition coefficient (Wildman–Crippen LogP) is 4.23. The first-order chi connectivity index (χ1) is 9.15. The van der Waals surface area contributed by atoms with Crippen LogP contribution in [-0.2, 0) is 11.2 Å². The van der Waals surface area contributed by atoms with Crippen molar-refractivity contribution in [3.05, 3.63) is 58.6 Å². The maximum Gasteiger partial charge on any atom is 0.194 e. The van der Waals surface area contributed by atoms with Gasteiger partial charge in [-0.25, -0.2) is 4.39 Å². The van der Waals surface area contributed by atoms with Crippen molar-refractivity contribution in [2.75, 3.05) is 0 Å². The Labute approximate surface area is 123 Å². The van der Waals surface area contributed by atoms with Gasteiger partial charge in [0.1, 0.15) is 5.82 Å². The summed E-state index contributed by atoms with van der Waals surface area (Å²) in [7, 11) is 0. The highest BCUT2D eigenvalue weighted by atomic mass is 79.9. The number of carbonyl (C=O) groups excluding carboxylic acids is 1. The molecule has 0 fully saturated rings. The zero-order chi connectivity index (χ0) is 13.7. The Morgan fingerprint density at radius 3 is 2.68 bits per heavy atom. The number of rotatable bonds is 4. The third kappa shape index (κ3) is 4.44. The minimum absolute atomic E-state index is 0.00683. The van der Waals surface area contributed by atoms with Gasteiger partial charge in [0.2, 0.25) is 0 Å². The smallest absolute Gasteiger partial charge is 0.194 e. The average Bonchev–Trinajstić information content (AvgIpc) is 2.40. The highest BCUT2D eigenvalue weighted by molar-refractivity contribution is 9.10. The number of nitrogens with zero attached hydrogens (tertiary/aromatic N) is 1. The second kappa shape index (κ2) is 6.82. The molecule has 98 valence electrons. The topological polar surface area (TPSA) is 30.0 Å². The second-order valence-electron chi connectivity index (χ2n) is 3.86. The van der Waals surface area contributed by atoms with Crippen molar-refractivity contribution < 1.29 is 9.18 Å². The van der Waals surface area contributed by atoms with E-state index in [2.05, 4.69) is 20.9 Å². The predicted molar refractivity (Wildman–Crippen MR) is 77.5 cm³/mol. The molecule has 0 aliphatic heterocycles. The Morgan fingerprint density at radius 2 is 2.00 bits per heavy atom. The van der Waals surface area contributed by atoms with E-state index in [1.165, 1.54) is 30.1 Å². The molecule has 2 nitrogen and oxygen atoms in total. The molecule has 0 N–H and O–H groups in total. The summed E-state index contributed by atoms with van der Waals surface area (Å²) in [5, 5.41) is 0.00683. The SMILES string of the molecule is O=C(CCc1ncccc1F)Sc1ccc(Br)cc1. The van der Waals surface area contributed by atoms with Crippen LogP contribution in [0.15, 0.2) is 52.0 Å². The van der Waals surface area contributed by atoms with Crippen molar-refractivity contribution in [2.45, 2.75) is 17.7 Å². The molecule has 19 heavy (non-hydrogen) atoms. The van der Waals surface area contributed by atoms with Crippen LogP contribution in [0.5, 0.6) is 0 Å². The number of halogens is 2. The molecule has 0 bridgehead atoms. The van der Waals surface area contributed by atoms with Gasteiger partial charge in [0.15, 0.2) is 5.12 Å². The zero-order valence-electron chi connectivity index (χ0n) is 9.98. The fourth-order valence-corrected chi connectivity index (χ4v) is 2.51. The van der Waals surface area contributed by atoms with Gasteiger partial charge >= 0.3 is 0 Å². The molecule has 0 saturated carbocycles. The Hall–Kier alpha value is -1.20. The summed E-state index contributed by atoms with van der Waals surface area (Å²) in [6.07, 6.45) is 2.13. The lowest BCUT2D eigenvalue weighted by molar-refractivity contribution is -0.110. The van der Waals surface area contributed by atoms with Crippen molar-refractivity contribution in [3.8, 4) is 0 Å². The van der Waals surface area contributed by atoms with Crippen LogP contribution in [0.2, 0.25) is 0 Å². The summed E-state index contributed by atoms with van der Waals surface area (Å²) in [6, 6.07) is 10.4. The molecule has 0 atom stereocenters. The van der Waals surface area contributed by atoms with E-state index in [1.807, 2.05) is 24.3 Å². The minimum atomic E-state index is -0.357. The molecule has 2 rings (SSSR count). The van der Waals surface area contributed by atoms with Gasteiger partial charge in [-0.2, -0.15) is 0 Å². The Bertz CT molecular complexity index is 574. The van der Waals surface area contributed by atoms with E-state index in [0.29, 0.717) is 12.1 Å². The van der Waals surface area contributed by atoms with E-state index in [9.17, 15) is 9.18 Å². The highest BCUT2D eigenvalue weighted by Gasteiger charge is 2.08. The van der Waals surface area contributed by atoms with Gasteiger partial charge in [-0.1, -0.05) is 27.7 Å². The maximum absolute atomic E-state index is 13.3. The first-order valence-electron chi connectivity index (χ1n) is 5.71. The Kier molecular flexibility index (Phi) is 5.10. The monoisotopic (exact) mass is 339 g/mol. The number of pyridine rings is 1. The molecule has 1 heterocycles. The van der Waals surface area contributed by atoms with Gasteiger partial charge in [-0.05, 0) is 36.4 Å². The van der Waals surface area contributed by atoms with E-state index in [4.69, 9.17) is 0 Å². The fraction of sp³-hybridized carbons (Fsp3) is 0.143. The van der Waals surface area contributed by atoms with Crippen molar-refractivity contribution in [2.24, 2.45) is 0 Å².